The average Bonchev–Trinajstić information content (AvgIpc) is 2.98. The van der Waals surface area contributed by atoms with Crippen molar-refractivity contribution in [2.24, 2.45) is 5.10 Å². The van der Waals surface area contributed by atoms with Gasteiger partial charge in [-0.05, 0) is 23.8 Å². The van der Waals surface area contributed by atoms with Crippen molar-refractivity contribution in [1.82, 2.24) is 0 Å². The first-order valence-corrected chi connectivity index (χ1v) is 8.17. The van der Waals surface area contributed by atoms with Crippen LogP contribution in [0.5, 0.6) is 0 Å². The molecule has 3 aromatic rings. The third-order valence-electron chi connectivity index (χ3n) is 4.10. The maximum atomic E-state index is 12.4. The highest BCUT2D eigenvalue weighted by Gasteiger charge is 2.26. The van der Waals surface area contributed by atoms with Gasteiger partial charge in [0, 0.05) is 5.56 Å². The minimum atomic E-state index is -0.171. The van der Waals surface area contributed by atoms with Crippen LogP contribution in [0.2, 0.25) is 0 Å². The molecule has 0 aliphatic carbocycles. The summed E-state index contributed by atoms with van der Waals surface area (Å²) >= 11 is 0. The van der Waals surface area contributed by atoms with Crippen LogP contribution in [-0.4, -0.2) is 11.6 Å². The number of carbonyl (C=O) groups excluding carboxylic acids is 1. The minimum absolute atomic E-state index is 0.171. The molecule has 0 unspecified atom stereocenters. The molecule has 0 saturated heterocycles. The summed E-state index contributed by atoms with van der Waals surface area (Å²) in [5.41, 5.74) is 4.15. The summed E-state index contributed by atoms with van der Waals surface area (Å²) in [6.07, 6.45) is 0. The van der Waals surface area contributed by atoms with Crippen LogP contribution in [0, 0.1) is 0 Å². The molecule has 0 atom stereocenters. The number of hydrogen-bond donors (Lipinski definition) is 1. The van der Waals surface area contributed by atoms with Crippen LogP contribution in [0.4, 0.5) is 11.4 Å². The van der Waals surface area contributed by atoms with Crippen molar-refractivity contribution >= 4 is 23.0 Å². The molecule has 25 heavy (non-hydrogen) atoms. The van der Waals surface area contributed by atoms with E-state index in [0.717, 1.165) is 22.5 Å². The zero-order valence-corrected chi connectivity index (χ0v) is 13.6. The van der Waals surface area contributed by atoms with Gasteiger partial charge in [0.2, 0.25) is 0 Å². The van der Waals surface area contributed by atoms with Gasteiger partial charge in [0.15, 0.2) is 5.71 Å². The van der Waals surface area contributed by atoms with E-state index in [-0.39, 0.29) is 5.91 Å². The van der Waals surface area contributed by atoms with Crippen molar-refractivity contribution in [1.29, 1.82) is 0 Å². The second-order valence-corrected chi connectivity index (χ2v) is 5.83. The molecule has 0 fully saturated rings. The Hall–Kier alpha value is -3.40. The van der Waals surface area contributed by atoms with Gasteiger partial charge in [-0.3, -0.25) is 9.80 Å². The van der Waals surface area contributed by atoms with Crippen molar-refractivity contribution in [2.45, 2.75) is 6.54 Å². The molecule has 1 N–H and O–H groups in total. The first-order chi connectivity index (χ1) is 12.3. The highest BCUT2D eigenvalue weighted by atomic mass is 16.2. The average molecular weight is 327 g/mol. The predicted octanol–water partition coefficient (Wildman–Crippen LogP) is 4.05. The molecule has 4 nitrogen and oxygen atoms in total. The Labute approximate surface area is 146 Å². The summed E-state index contributed by atoms with van der Waals surface area (Å²) in [4.78, 5) is 12.4. The molecule has 1 aliphatic heterocycles. The van der Waals surface area contributed by atoms with Gasteiger partial charge in [-0.15, -0.1) is 0 Å². The summed E-state index contributed by atoms with van der Waals surface area (Å²) in [6.45, 7) is 0.587. The normalized spacial score (nSPS) is 14.2. The third kappa shape index (κ3) is 3.15. The van der Waals surface area contributed by atoms with Crippen molar-refractivity contribution in [3.63, 3.8) is 0 Å². The van der Waals surface area contributed by atoms with E-state index in [1.54, 1.807) is 0 Å². The summed E-state index contributed by atoms with van der Waals surface area (Å²) in [6, 6.07) is 27.6. The van der Waals surface area contributed by atoms with E-state index in [9.17, 15) is 4.79 Å². The van der Waals surface area contributed by atoms with Crippen molar-refractivity contribution in [3.05, 3.63) is 96.1 Å². The van der Waals surface area contributed by atoms with Crippen molar-refractivity contribution in [2.75, 3.05) is 10.3 Å². The quantitative estimate of drug-likeness (QED) is 0.735. The fourth-order valence-corrected chi connectivity index (χ4v) is 2.86. The molecule has 1 heterocycles. The van der Waals surface area contributed by atoms with E-state index >= 15 is 0 Å². The molecule has 122 valence electrons. The van der Waals surface area contributed by atoms with Gasteiger partial charge in [0.1, 0.15) is 0 Å². The number of nitrogens with zero attached hydrogens (tertiary/aromatic N) is 2. The first kappa shape index (κ1) is 15.1. The van der Waals surface area contributed by atoms with Crippen LogP contribution in [0.3, 0.4) is 0 Å². The third-order valence-corrected chi connectivity index (χ3v) is 4.10. The van der Waals surface area contributed by atoms with Gasteiger partial charge >= 0.3 is 0 Å². The van der Waals surface area contributed by atoms with Gasteiger partial charge in [0.25, 0.3) is 5.91 Å². The highest BCUT2D eigenvalue weighted by Crippen LogP contribution is 2.25. The van der Waals surface area contributed by atoms with Crippen molar-refractivity contribution < 1.29 is 4.79 Å². The molecule has 0 saturated carbocycles. The second kappa shape index (κ2) is 6.61. The lowest BCUT2D eigenvalue weighted by molar-refractivity contribution is -0.110. The van der Waals surface area contributed by atoms with Gasteiger partial charge in [-0.2, -0.15) is 5.10 Å². The van der Waals surface area contributed by atoms with Crippen LogP contribution in [0.25, 0.3) is 0 Å². The number of benzene rings is 3. The lowest BCUT2D eigenvalue weighted by Crippen LogP contribution is -2.23. The Morgan fingerprint density at radius 2 is 1.44 bits per heavy atom. The van der Waals surface area contributed by atoms with Gasteiger partial charge in [-0.1, -0.05) is 66.7 Å². The van der Waals surface area contributed by atoms with Gasteiger partial charge in [-0.25, -0.2) is 0 Å². The topological polar surface area (TPSA) is 44.7 Å². The predicted molar refractivity (Wildman–Crippen MR) is 101 cm³/mol. The lowest BCUT2D eigenvalue weighted by Gasteiger charge is -2.20. The number of para-hydroxylation sites is 2. The SMILES string of the molecule is O=C1Nc2ccccc2/C1=N\N(Cc1ccccc1)c1ccccc1. The smallest absolute Gasteiger partial charge is 0.276 e. The molecule has 0 radical (unpaired) electrons. The monoisotopic (exact) mass is 327 g/mol. The summed E-state index contributed by atoms with van der Waals surface area (Å²) in [5.74, 6) is -0.171. The standard InChI is InChI=1S/C21H17N3O/c25-21-20(18-13-7-8-14-19(18)22-21)23-24(17-11-5-2-6-12-17)15-16-9-3-1-4-10-16/h1-14H,15H2,(H,22,23,25). The van der Waals surface area contributed by atoms with Crippen molar-refractivity contribution in [3.8, 4) is 0 Å². The number of carbonyl (C=O) groups is 1. The van der Waals surface area contributed by atoms with E-state index in [1.807, 2.05) is 77.8 Å². The van der Waals surface area contributed by atoms with E-state index in [0.29, 0.717) is 12.3 Å². The van der Waals surface area contributed by atoms with E-state index in [4.69, 9.17) is 5.10 Å². The zero-order chi connectivity index (χ0) is 17.1. The van der Waals surface area contributed by atoms with Crippen LogP contribution >= 0.6 is 0 Å². The number of nitrogens with one attached hydrogen (secondary N) is 1. The summed E-state index contributed by atoms with van der Waals surface area (Å²) < 4.78 is 0. The van der Waals surface area contributed by atoms with Crippen LogP contribution in [0.1, 0.15) is 11.1 Å². The van der Waals surface area contributed by atoms with Crippen LogP contribution in [0.15, 0.2) is 90.0 Å². The van der Waals surface area contributed by atoms with E-state index < -0.39 is 0 Å². The molecule has 4 heteroatoms. The largest absolute Gasteiger partial charge is 0.320 e. The molecule has 1 amide bonds. The molecule has 4 rings (SSSR count). The van der Waals surface area contributed by atoms with E-state index in [2.05, 4.69) is 17.4 Å². The minimum Gasteiger partial charge on any atom is -0.320 e. The molecular formula is C21H17N3O. The maximum absolute atomic E-state index is 12.4. The summed E-state index contributed by atoms with van der Waals surface area (Å²) in [7, 11) is 0. The number of hydrazone groups is 1. The van der Waals surface area contributed by atoms with Gasteiger partial charge < -0.3 is 5.32 Å². The number of anilines is 2. The molecular weight excluding hydrogens is 310 g/mol. The lowest BCUT2D eigenvalue weighted by atomic mass is 10.1. The Morgan fingerprint density at radius 1 is 0.800 bits per heavy atom. The van der Waals surface area contributed by atoms with Crippen LogP contribution < -0.4 is 10.3 Å². The molecule has 0 bridgehead atoms. The number of rotatable bonds is 4. The number of amides is 1. The number of hydrogen-bond acceptors (Lipinski definition) is 3. The molecule has 0 aromatic heterocycles. The van der Waals surface area contributed by atoms with Gasteiger partial charge in [0.05, 0.1) is 17.9 Å². The Kier molecular flexibility index (Phi) is 4.01. The fourth-order valence-electron chi connectivity index (χ4n) is 2.86. The van der Waals surface area contributed by atoms with E-state index in [1.165, 1.54) is 0 Å². The highest BCUT2D eigenvalue weighted by molar-refractivity contribution is 6.53. The first-order valence-electron chi connectivity index (χ1n) is 8.17. The molecule has 1 aliphatic rings. The number of fused-ring (bicyclic) bond motifs is 1. The Balaban J connectivity index is 1.75. The zero-order valence-electron chi connectivity index (χ0n) is 13.6. The Bertz CT molecular complexity index is 920. The Morgan fingerprint density at radius 3 is 2.20 bits per heavy atom. The fraction of sp³-hybridized carbons (Fsp3) is 0.0476. The second-order valence-electron chi connectivity index (χ2n) is 5.83. The van der Waals surface area contributed by atoms with Crippen LogP contribution in [-0.2, 0) is 11.3 Å². The molecule has 3 aromatic carbocycles. The molecule has 0 spiro atoms. The summed E-state index contributed by atoms with van der Waals surface area (Å²) in [5, 5.41) is 9.44. The maximum Gasteiger partial charge on any atom is 0.276 e.